The van der Waals surface area contributed by atoms with Crippen LogP contribution in [0.1, 0.15) is 37.7 Å². The summed E-state index contributed by atoms with van der Waals surface area (Å²) in [5.74, 6) is 0.107. The highest BCUT2D eigenvalue weighted by molar-refractivity contribution is 5.98. The van der Waals surface area contributed by atoms with E-state index in [1.165, 1.54) is 12.1 Å². The summed E-state index contributed by atoms with van der Waals surface area (Å²) in [6, 6.07) is 15.1. The minimum atomic E-state index is -0.336. The van der Waals surface area contributed by atoms with E-state index in [1.807, 2.05) is 18.2 Å². The monoisotopic (exact) mass is 358 g/mol. The summed E-state index contributed by atoms with van der Waals surface area (Å²) in [6.07, 6.45) is 4.94. The Morgan fingerprint density at radius 2 is 2.15 bits per heavy atom. The van der Waals surface area contributed by atoms with Gasteiger partial charge in [-0.3, -0.25) is 0 Å². The first-order valence-electron chi connectivity index (χ1n) is 8.97. The number of imidazole rings is 1. The molecule has 27 heavy (non-hydrogen) atoms. The lowest BCUT2D eigenvalue weighted by molar-refractivity contribution is 0.548. The summed E-state index contributed by atoms with van der Waals surface area (Å²) < 4.78 is 15.7. The first-order chi connectivity index (χ1) is 13.1. The molecule has 0 unspecified atom stereocenters. The molecule has 0 bridgehead atoms. The molecule has 0 amide bonds. The van der Waals surface area contributed by atoms with Crippen molar-refractivity contribution in [3.05, 3.63) is 65.9 Å². The van der Waals surface area contributed by atoms with Crippen LogP contribution in [0.2, 0.25) is 0 Å². The molecule has 1 N–H and O–H groups in total. The number of para-hydroxylation sites is 1. The zero-order chi connectivity index (χ0) is 19.0. The average molecular weight is 358 g/mol. The predicted octanol–water partition coefficient (Wildman–Crippen LogP) is 5.69. The molecule has 1 atom stereocenters. The van der Waals surface area contributed by atoms with Crippen LogP contribution in [0.3, 0.4) is 0 Å². The molecular weight excluding hydrogens is 339 g/mol. The number of nitriles is 1. The topological polar surface area (TPSA) is 57.4 Å². The van der Waals surface area contributed by atoms with Crippen molar-refractivity contribution in [2.75, 3.05) is 0 Å². The normalized spacial score (nSPS) is 13.2. The molecule has 0 aliphatic heterocycles. The molecule has 5 heteroatoms. The van der Waals surface area contributed by atoms with Crippen molar-refractivity contribution in [1.29, 1.82) is 5.26 Å². The summed E-state index contributed by atoms with van der Waals surface area (Å²) in [5.41, 5.74) is 3.73. The number of aromatic amines is 1. The van der Waals surface area contributed by atoms with E-state index in [0.717, 1.165) is 22.9 Å². The number of aromatic nitrogens is 3. The van der Waals surface area contributed by atoms with Gasteiger partial charge in [-0.25, -0.2) is 9.37 Å². The quantitative estimate of drug-likeness (QED) is 0.476. The molecule has 0 saturated heterocycles. The van der Waals surface area contributed by atoms with E-state index in [9.17, 15) is 9.65 Å². The van der Waals surface area contributed by atoms with Crippen LogP contribution in [0.5, 0.6) is 0 Å². The van der Waals surface area contributed by atoms with Crippen molar-refractivity contribution in [1.82, 2.24) is 14.5 Å². The Balaban J connectivity index is 1.86. The van der Waals surface area contributed by atoms with Gasteiger partial charge in [-0.2, -0.15) is 5.26 Å². The van der Waals surface area contributed by atoms with E-state index in [0.29, 0.717) is 28.5 Å². The minimum Gasteiger partial charge on any atom is -0.344 e. The number of allylic oxidation sites excluding steroid dienone is 1. The second kappa shape index (κ2) is 6.73. The second-order valence-electron chi connectivity index (χ2n) is 6.68. The first-order valence-corrected chi connectivity index (χ1v) is 8.97. The second-order valence-corrected chi connectivity index (χ2v) is 6.68. The lowest BCUT2D eigenvalue weighted by Gasteiger charge is -2.12. The van der Waals surface area contributed by atoms with Gasteiger partial charge in [-0.1, -0.05) is 25.1 Å². The third-order valence-corrected chi connectivity index (χ3v) is 4.96. The molecule has 2 aromatic carbocycles. The maximum Gasteiger partial charge on any atom is 0.149 e. The fourth-order valence-corrected chi connectivity index (χ4v) is 3.33. The van der Waals surface area contributed by atoms with Crippen molar-refractivity contribution in [3.8, 4) is 6.07 Å². The van der Waals surface area contributed by atoms with Crippen LogP contribution in [0.15, 0.2) is 48.7 Å². The number of halogens is 1. The molecule has 4 nitrogen and oxygen atoms in total. The number of nitrogens with one attached hydrogen (secondary N) is 1. The molecule has 134 valence electrons. The number of rotatable bonds is 4. The van der Waals surface area contributed by atoms with Gasteiger partial charge in [0.2, 0.25) is 0 Å². The molecule has 0 aliphatic rings. The standard InChI is InChI=1S/C22H19FN4/c1-3-14(2)27-13-16(18-6-4-5-7-21(18)27)10-15(12-24)22-25-19-9-8-17(23)11-20(19)26-22/h4-11,13-14H,3H2,1-2H3,(H,25,26)/b15-10-/t14-/m1/s1. The van der Waals surface area contributed by atoms with Gasteiger partial charge in [0.25, 0.3) is 0 Å². The molecule has 0 spiro atoms. The Morgan fingerprint density at radius 1 is 1.33 bits per heavy atom. The van der Waals surface area contributed by atoms with Crippen LogP contribution < -0.4 is 0 Å². The van der Waals surface area contributed by atoms with Gasteiger partial charge in [0.05, 0.1) is 16.6 Å². The first kappa shape index (κ1) is 17.0. The van der Waals surface area contributed by atoms with Crippen molar-refractivity contribution in [2.45, 2.75) is 26.3 Å². The highest BCUT2D eigenvalue weighted by atomic mass is 19.1. The maximum absolute atomic E-state index is 13.4. The van der Waals surface area contributed by atoms with E-state index < -0.39 is 0 Å². The third-order valence-electron chi connectivity index (χ3n) is 4.96. The molecular formula is C22H19FN4. The molecule has 0 fully saturated rings. The van der Waals surface area contributed by atoms with Crippen molar-refractivity contribution in [3.63, 3.8) is 0 Å². The molecule has 0 radical (unpaired) electrons. The summed E-state index contributed by atoms with van der Waals surface area (Å²) in [6.45, 7) is 4.34. The van der Waals surface area contributed by atoms with Gasteiger partial charge >= 0.3 is 0 Å². The van der Waals surface area contributed by atoms with Crippen LogP contribution in [0.4, 0.5) is 4.39 Å². The Hall–Kier alpha value is -3.39. The van der Waals surface area contributed by atoms with E-state index in [2.05, 4.69) is 52.8 Å². The van der Waals surface area contributed by atoms with E-state index in [1.54, 1.807) is 6.07 Å². The SMILES string of the molecule is CC[C@@H](C)n1cc(/C=C(/C#N)c2nc3ccc(F)cc3[nH]2)c2ccccc21. The Kier molecular flexibility index (Phi) is 4.25. The van der Waals surface area contributed by atoms with Crippen LogP contribution in [0.25, 0.3) is 33.6 Å². The van der Waals surface area contributed by atoms with Gasteiger partial charge in [-0.05, 0) is 43.7 Å². The fourth-order valence-electron chi connectivity index (χ4n) is 3.33. The van der Waals surface area contributed by atoms with Crippen LogP contribution >= 0.6 is 0 Å². The number of hydrogen-bond acceptors (Lipinski definition) is 2. The molecule has 2 heterocycles. The maximum atomic E-state index is 13.4. The third kappa shape index (κ3) is 3.00. The molecule has 0 aliphatic carbocycles. The van der Waals surface area contributed by atoms with Crippen molar-refractivity contribution >= 4 is 33.6 Å². The minimum absolute atomic E-state index is 0.336. The molecule has 4 rings (SSSR count). The Morgan fingerprint density at radius 3 is 2.93 bits per heavy atom. The van der Waals surface area contributed by atoms with Gasteiger partial charge in [0.1, 0.15) is 17.7 Å². The average Bonchev–Trinajstić information content (AvgIpc) is 3.26. The van der Waals surface area contributed by atoms with Gasteiger partial charge < -0.3 is 9.55 Å². The number of benzene rings is 2. The number of hydrogen-bond donors (Lipinski definition) is 1. The molecule has 0 saturated carbocycles. The number of nitrogens with zero attached hydrogens (tertiary/aromatic N) is 3. The Labute approximate surface area is 156 Å². The predicted molar refractivity (Wildman–Crippen MR) is 106 cm³/mol. The summed E-state index contributed by atoms with van der Waals surface area (Å²) >= 11 is 0. The van der Waals surface area contributed by atoms with E-state index in [-0.39, 0.29) is 5.82 Å². The van der Waals surface area contributed by atoms with Gasteiger partial charge in [0.15, 0.2) is 0 Å². The smallest absolute Gasteiger partial charge is 0.149 e. The lowest BCUT2D eigenvalue weighted by Crippen LogP contribution is -2.01. The van der Waals surface area contributed by atoms with Crippen molar-refractivity contribution < 1.29 is 4.39 Å². The van der Waals surface area contributed by atoms with Crippen LogP contribution in [-0.2, 0) is 0 Å². The van der Waals surface area contributed by atoms with Crippen LogP contribution in [-0.4, -0.2) is 14.5 Å². The zero-order valence-corrected chi connectivity index (χ0v) is 15.2. The lowest BCUT2D eigenvalue weighted by atomic mass is 10.1. The fraction of sp³-hybridized carbons (Fsp3) is 0.182. The van der Waals surface area contributed by atoms with Gasteiger partial charge in [-0.15, -0.1) is 0 Å². The highest BCUT2D eigenvalue weighted by Crippen LogP contribution is 2.29. The molecule has 4 aromatic rings. The van der Waals surface area contributed by atoms with Crippen molar-refractivity contribution in [2.24, 2.45) is 0 Å². The number of fused-ring (bicyclic) bond motifs is 2. The van der Waals surface area contributed by atoms with E-state index >= 15 is 0 Å². The summed E-state index contributed by atoms with van der Waals surface area (Å²) in [7, 11) is 0. The number of H-pyrrole nitrogens is 1. The zero-order valence-electron chi connectivity index (χ0n) is 15.2. The summed E-state index contributed by atoms with van der Waals surface area (Å²) in [5, 5.41) is 10.8. The molecule has 2 aromatic heterocycles. The van der Waals surface area contributed by atoms with Crippen LogP contribution in [0, 0.1) is 17.1 Å². The summed E-state index contributed by atoms with van der Waals surface area (Å²) in [4.78, 5) is 7.49. The van der Waals surface area contributed by atoms with E-state index in [4.69, 9.17) is 0 Å². The highest BCUT2D eigenvalue weighted by Gasteiger charge is 2.13. The Bertz CT molecular complexity index is 1210. The van der Waals surface area contributed by atoms with Gasteiger partial charge in [0, 0.05) is 28.7 Å². The largest absolute Gasteiger partial charge is 0.344 e.